The predicted molar refractivity (Wildman–Crippen MR) is 79.4 cm³/mol. The molecule has 0 radical (unpaired) electrons. The summed E-state index contributed by atoms with van der Waals surface area (Å²) in [6.45, 7) is 6.63. The lowest BCUT2D eigenvalue weighted by Crippen LogP contribution is -2.30. The number of hydrogen-bond donors (Lipinski definition) is 1. The number of aliphatic hydroxyl groups is 1. The first-order valence-corrected chi connectivity index (χ1v) is 6.91. The van der Waals surface area contributed by atoms with Crippen molar-refractivity contribution in [2.24, 2.45) is 0 Å². The van der Waals surface area contributed by atoms with Crippen LogP contribution in [0.2, 0.25) is 0 Å². The Balaban J connectivity index is 2.33. The number of esters is 1. The van der Waals surface area contributed by atoms with E-state index in [4.69, 9.17) is 4.74 Å². The minimum absolute atomic E-state index is 0.210. The highest BCUT2D eigenvalue weighted by Crippen LogP contribution is 2.13. The summed E-state index contributed by atoms with van der Waals surface area (Å²) in [5, 5.41) is 10.1. The van der Waals surface area contributed by atoms with Gasteiger partial charge in [0.1, 0.15) is 5.60 Å². The minimum Gasteiger partial charge on any atom is -0.460 e. The van der Waals surface area contributed by atoms with Crippen LogP contribution < -0.4 is 0 Å². The van der Waals surface area contributed by atoms with Crippen molar-refractivity contribution in [1.82, 2.24) is 4.90 Å². The molecule has 0 aliphatic carbocycles. The molecule has 4 nitrogen and oxygen atoms in total. The molecular formula is C16H25NO3. The van der Waals surface area contributed by atoms with Crippen molar-refractivity contribution in [2.75, 3.05) is 20.1 Å². The molecule has 0 aliphatic rings. The van der Waals surface area contributed by atoms with E-state index in [1.54, 1.807) is 0 Å². The third-order valence-electron chi connectivity index (χ3n) is 2.79. The van der Waals surface area contributed by atoms with Crippen molar-refractivity contribution < 1.29 is 14.6 Å². The summed E-state index contributed by atoms with van der Waals surface area (Å²) < 4.78 is 5.25. The van der Waals surface area contributed by atoms with Crippen molar-refractivity contribution in [3.05, 3.63) is 35.9 Å². The van der Waals surface area contributed by atoms with Gasteiger partial charge in [-0.25, -0.2) is 0 Å². The van der Waals surface area contributed by atoms with E-state index >= 15 is 0 Å². The Morgan fingerprint density at radius 1 is 1.30 bits per heavy atom. The molecule has 0 saturated heterocycles. The summed E-state index contributed by atoms with van der Waals surface area (Å²) in [6, 6.07) is 9.51. The summed E-state index contributed by atoms with van der Waals surface area (Å²) >= 11 is 0. The van der Waals surface area contributed by atoms with Crippen LogP contribution in [0.15, 0.2) is 30.3 Å². The molecule has 1 rings (SSSR count). The van der Waals surface area contributed by atoms with Gasteiger partial charge in [0.25, 0.3) is 0 Å². The number of benzene rings is 1. The van der Waals surface area contributed by atoms with Crippen molar-refractivity contribution in [3.63, 3.8) is 0 Å². The first-order valence-electron chi connectivity index (χ1n) is 6.91. The minimum atomic E-state index is -0.542. The molecule has 20 heavy (non-hydrogen) atoms. The zero-order valence-electron chi connectivity index (χ0n) is 12.8. The van der Waals surface area contributed by atoms with Crippen molar-refractivity contribution in [1.29, 1.82) is 0 Å². The summed E-state index contributed by atoms with van der Waals surface area (Å²) in [5.41, 5.74) is 0.441. The fourth-order valence-electron chi connectivity index (χ4n) is 1.84. The quantitative estimate of drug-likeness (QED) is 0.812. The Hall–Kier alpha value is -1.39. The third-order valence-corrected chi connectivity index (χ3v) is 2.79. The summed E-state index contributed by atoms with van der Waals surface area (Å²) in [7, 11) is 1.89. The van der Waals surface area contributed by atoms with Gasteiger partial charge in [-0.3, -0.25) is 4.79 Å². The number of aliphatic hydroxyl groups excluding tert-OH is 1. The number of rotatable bonds is 6. The highest BCUT2D eigenvalue weighted by Gasteiger charge is 2.17. The molecule has 112 valence electrons. The fourth-order valence-corrected chi connectivity index (χ4v) is 1.84. The Morgan fingerprint density at radius 3 is 2.45 bits per heavy atom. The lowest BCUT2D eigenvalue weighted by atomic mass is 10.1. The van der Waals surface area contributed by atoms with E-state index < -0.39 is 11.7 Å². The second-order valence-electron chi connectivity index (χ2n) is 6.03. The van der Waals surface area contributed by atoms with Crippen molar-refractivity contribution in [2.45, 2.75) is 38.9 Å². The largest absolute Gasteiger partial charge is 0.460 e. The molecule has 1 aromatic rings. The number of nitrogens with zero attached hydrogens (tertiary/aromatic N) is 1. The summed E-state index contributed by atoms with van der Waals surface area (Å²) in [5.74, 6) is -0.210. The second-order valence-corrected chi connectivity index (χ2v) is 6.03. The SMILES string of the molecule is CN(CCC(=O)OC(C)(C)C)CC(O)c1ccccc1. The van der Waals surface area contributed by atoms with Crippen LogP contribution in [0, 0.1) is 0 Å². The lowest BCUT2D eigenvalue weighted by Gasteiger charge is -2.22. The van der Waals surface area contributed by atoms with Crippen LogP contribution in [-0.2, 0) is 9.53 Å². The van der Waals surface area contributed by atoms with Crippen LogP contribution in [-0.4, -0.2) is 41.7 Å². The first-order chi connectivity index (χ1) is 9.28. The van der Waals surface area contributed by atoms with Crippen LogP contribution in [0.3, 0.4) is 0 Å². The Morgan fingerprint density at radius 2 is 1.90 bits per heavy atom. The van der Waals surface area contributed by atoms with E-state index in [1.165, 1.54) is 0 Å². The monoisotopic (exact) mass is 279 g/mol. The molecule has 0 bridgehead atoms. The molecule has 1 atom stereocenters. The van der Waals surface area contributed by atoms with Crippen molar-refractivity contribution >= 4 is 5.97 Å². The van der Waals surface area contributed by atoms with Gasteiger partial charge in [0.05, 0.1) is 12.5 Å². The van der Waals surface area contributed by atoms with E-state index in [-0.39, 0.29) is 5.97 Å². The van der Waals surface area contributed by atoms with Crippen LogP contribution in [0.4, 0.5) is 0 Å². The van der Waals surface area contributed by atoms with E-state index in [2.05, 4.69) is 0 Å². The normalized spacial score (nSPS) is 13.3. The molecule has 0 amide bonds. The highest BCUT2D eigenvalue weighted by atomic mass is 16.6. The standard InChI is InChI=1S/C16H25NO3/c1-16(2,3)20-15(19)10-11-17(4)12-14(18)13-8-6-5-7-9-13/h5-9,14,18H,10-12H2,1-4H3. The van der Waals surface area contributed by atoms with E-state index in [9.17, 15) is 9.90 Å². The number of hydrogen-bond acceptors (Lipinski definition) is 4. The van der Waals surface area contributed by atoms with Gasteiger partial charge in [-0.05, 0) is 33.4 Å². The fraction of sp³-hybridized carbons (Fsp3) is 0.562. The molecule has 1 N–H and O–H groups in total. The second kappa shape index (κ2) is 7.41. The van der Waals surface area contributed by atoms with Crippen LogP contribution in [0.25, 0.3) is 0 Å². The Bertz CT molecular complexity index is 411. The van der Waals surface area contributed by atoms with Gasteiger partial charge < -0.3 is 14.7 Å². The predicted octanol–water partition coefficient (Wildman–Crippen LogP) is 2.38. The van der Waals surface area contributed by atoms with E-state index in [0.29, 0.717) is 19.5 Å². The highest BCUT2D eigenvalue weighted by molar-refractivity contribution is 5.70. The molecule has 4 heteroatoms. The van der Waals surface area contributed by atoms with Crippen LogP contribution >= 0.6 is 0 Å². The average molecular weight is 279 g/mol. The van der Waals surface area contributed by atoms with Gasteiger partial charge in [-0.1, -0.05) is 30.3 Å². The number of carbonyl (C=O) groups is 1. The van der Waals surface area contributed by atoms with E-state index in [1.807, 2.05) is 63.1 Å². The maximum Gasteiger partial charge on any atom is 0.307 e. The topological polar surface area (TPSA) is 49.8 Å². The van der Waals surface area contributed by atoms with Gasteiger partial charge in [0, 0.05) is 13.1 Å². The molecule has 1 unspecified atom stereocenters. The van der Waals surface area contributed by atoms with Crippen LogP contribution in [0.5, 0.6) is 0 Å². The van der Waals surface area contributed by atoms with Gasteiger partial charge >= 0.3 is 5.97 Å². The summed E-state index contributed by atoms with van der Waals surface area (Å²) in [6.07, 6.45) is -0.213. The first kappa shape index (κ1) is 16.7. The van der Waals surface area contributed by atoms with Gasteiger partial charge in [-0.15, -0.1) is 0 Å². The number of ether oxygens (including phenoxy) is 1. The Kier molecular flexibility index (Phi) is 6.17. The zero-order valence-corrected chi connectivity index (χ0v) is 12.8. The molecule has 1 aromatic carbocycles. The van der Waals surface area contributed by atoms with Gasteiger partial charge in [0.2, 0.25) is 0 Å². The smallest absolute Gasteiger partial charge is 0.307 e. The zero-order chi connectivity index (χ0) is 15.2. The number of likely N-dealkylation sites (N-methyl/N-ethyl adjacent to an activating group) is 1. The molecule has 0 aliphatic heterocycles. The van der Waals surface area contributed by atoms with Gasteiger partial charge in [-0.2, -0.15) is 0 Å². The van der Waals surface area contributed by atoms with Crippen molar-refractivity contribution in [3.8, 4) is 0 Å². The third kappa shape index (κ3) is 6.68. The maximum absolute atomic E-state index is 11.6. The van der Waals surface area contributed by atoms with Crippen LogP contribution in [0.1, 0.15) is 38.9 Å². The molecule has 0 saturated carbocycles. The lowest BCUT2D eigenvalue weighted by molar-refractivity contribution is -0.155. The summed E-state index contributed by atoms with van der Waals surface area (Å²) in [4.78, 5) is 13.5. The maximum atomic E-state index is 11.6. The molecule has 0 spiro atoms. The number of carbonyl (C=O) groups excluding carboxylic acids is 1. The average Bonchev–Trinajstić information content (AvgIpc) is 2.35. The van der Waals surface area contributed by atoms with E-state index in [0.717, 1.165) is 5.56 Å². The molecule has 0 aromatic heterocycles. The molecule has 0 fully saturated rings. The van der Waals surface area contributed by atoms with Gasteiger partial charge in [0.15, 0.2) is 0 Å². The molecular weight excluding hydrogens is 254 g/mol. The Labute approximate surface area is 121 Å². The molecule has 0 heterocycles.